The van der Waals surface area contributed by atoms with Gasteiger partial charge in [-0.25, -0.2) is 0 Å². The molecular weight excluding hydrogens is 396 g/mol. The zero-order chi connectivity index (χ0) is 23.4. The van der Waals surface area contributed by atoms with E-state index in [1.807, 2.05) is 21.0 Å². The van der Waals surface area contributed by atoms with Crippen LogP contribution in [0.2, 0.25) is 0 Å². The number of methoxy groups -OCH3 is 1. The largest absolute Gasteiger partial charge is 0.390 e. The van der Waals surface area contributed by atoms with Crippen molar-refractivity contribution >= 4 is 0 Å². The highest BCUT2D eigenvalue weighted by molar-refractivity contribution is 5.28. The predicted octanol–water partition coefficient (Wildman–Crippen LogP) is 6.52. The zero-order valence-corrected chi connectivity index (χ0v) is 21.8. The fourth-order valence-electron chi connectivity index (χ4n) is 9.03. The van der Waals surface area contributed by atoms with Gasteiger partial charge in [0.15, 0.2) is 0 Å². The second-order valence-electron chi connectivity index (χ2n) is 13.2. The Hall–Kier alpha value is -0.380. The summed E-state index contributed by atoms with van der Waals surface area (Å²) >= 11 is 0. The van der Waals surface area contributed by atoms with E-state index in [0.29, 0.717) is 17.3 Å². The summed E-state index contributed by atoms with van der Waals surface area (Å²) in [5.74, 6) is 3.77. The lowest BCUT2D eigenvalue weighted by atomic mass is 9.46. The second kappa shape index (κ2) is 8.68. The van der Waals surface area contributed by atoms with Gasteiger partial charge in [-0.1, -0.05) is 32.4 Å². The van der Waals surface area contributed by atoms with Crippen LogP contribution in [0.15, 0.2) is 11.6 Å². The molecule has 0 radical (unpaired) electrons. The van der Waals surface area contributed by atoms with Gasteiger partial charge in [0.25, 0.3) is 0 Å². The van der Waals surface area contributed by atoms with Gasteiger partial charge in [-0.05, 0) is 119 Å². The van der Waals surface area contributed by atoms with Crippen molar-refractivity contribution in [1.29, 1.82) is 0 Å². The Labute approximate surface area is 197 Å². The molecule has 4 aliphatic rings. The van der Waals surface area contributed by atoms with Gasteiger partial charge in [0, 0.05) is 12.5 Å². The molecule has 4 aliphatic carbocycles. The summed E-state index contributed by atoms with van der Waals surface area (Å²) in [7, 11) is 1.87. The lowest BCUT2D eigenvalue weighted by Gasteiger charge is -2.60. The molecule has 2 N–H and O–H groups in total. The molecule has 0 saturated heterocycles. The van der Waals surface area contributed by atoms with Crippen LogP contribution in [0.3, 0.4) is 0 Å². The van der Waals surface area contributed by atoms with Crippen molar-refractivity contribution < 1.29 is 14.9 Å². The van der Waals surface area contributed by atoms with Crippen molar-refractivity contribution in [3.63, 3.8) is 0 Å². The van der Waals surface area contributed by atoms with E-state index in [1.165, 1.54) is 37.7 Å². The molecule has 0 heterocycles. The number of hydrogen-bond acceptors (Lipinski definition) is 3. The molecule has 0 amide bonds. The maximum absolute atomic E-state index is 10.8. The Morgan fingerprint density at radius 2 is 1.91 bits per heavy atom. The van der Waals surface area contributed by atoms with Gasteiger partial charge in [-0.3, -0.25) is 0 Å². The van der Waals surface area contributed by atoms with Crippen LogP contribution < -0.4 is 0 Å². The molecule has 0 aromatic heterocycles. The highest BCUT2D eigenvalue weighted by Crippen LogP contribution is 2.68. The van der Waals surface area contributed by atoms with Crippen LogP contribution in [0, 0.1) is 40.4 Å². The topological polar surface area (TPSA) is 49.7 Å². The Balaban J connectivity index is 1.55. The first-order valence-corrected chi connectivity index (χ1v) is 13.6. The Bertz CT molecular complexity index is 709. The SMILES string of the molecule is CCC(C)(O)CC[C@@H](C)[C@H]1CC[C@H]2[C@@H]3CC=C4C[C@@](C)(O)CC[C@]4(COC)[C@H]3CC[C@]12C. The fourth-order valence-corrected chi connectivity index (χ4v) is 9.03. The van der Waals surface area contributed by atoms with Gasteiger partial charge in [-0.2, -0.15) is 0 Å². The highest BCUT2D eigenvalue weighted by Gasteiger charge is 2.60. The molecule has 3 saturated carbocycles. The maximum atomic E-state index is 10.8. The summed E-state index contributed by atoms with van der Waals surface area (Å²) in [6.45, 7) is 12.0. The van der Waals surface area contributed by atoms with Crippen molar-refractivity contribution in [3.8, 4) is 0 Å². The molecule has 3 heteroatoms. The second-order valence-corrected chi connectivity index (χ2v) is 13.2. The van der Waals surface area contributed by atoms with E-state index in [4.69, 9.17) is 4.74 Å². The van der Waals surface area contributed by atoms with E-state index >= 15 is 0 Å². The summed E-state index contributed by atoms with van der Waals surface area (Å²) in [6, 6.07) is 0. The molecule has 32 heavy (non-hydrogen) atoms. The number of aliphatic hydroxyl groups is 2. The number of allylic oxidation sites excluding steroid dienone is 1. The standard InChI is InChI=1S/C29H50O3/c1-7-26(3,30)14-12-20(2)23-10-11-24-22-9-8-21-18-27(4,31)16-17-29(21,19-32-6)25(22)13-15-28(23,24)5/h8,20,22-25,30-31H,7,9-19H2,1-6H3/t20-,22+,23-,24+,25+,26?,27+,28-,29-/m1/s1. The third-order valence-corrected chi connectivity index (χ3v) is 11.2. The number of hydrogen-bond donors (Lipinski definition) is 2. The van der Waals surface area contributed by atoms with E-state index in [0.717, 1.165) is 62.9 Å². The van der Waals surface area contributed by atoms with Gasteiger partial charge >= 0.3 is 0 Å². The van der Waals surface area contributed by atoms with Crippen molar-refractivity contribution in [1.82, 2.24) is 0 Å². The summed E-state index contributed by atoms with van der Waals surface area (Å²) in [4.78, 5) is 0. The average molecular weight is 447 g/mol. The van der Waals surface area contributed by atoms with E-state index < -0.39 is 11.2 Å². The molecular formula is C29H50O3. The molecule has 184 valence electrons. The molecule has 9 atom stereocenters. The lowest BCUT2D eigenvalue weighted by Crippen LogP contribution is -2.54. The quantitative estimate of drug-likeness (QED) is 0.438. The van der Waals surface area contributed by atoms with Crippen LogP contribution in [-0.4, -0.2) is 35.1 Å². The van der Waals surface area contributed by atoms with Crippen LogP contribution in [0.5, 0.6) is 0 Å². The van der Waals surface area contributed by atoms with Crippen molar-refractivity contribution in [2.45, 2.75) is 116 Å². The normalized spacial score (nSPS) is 46.4. The van der Waals surface area contributed by atoms with Crippen molar-refractivity contribution in [3.05, 3.63) is 11.6 Å². The molecule has 1 unspecified atom stereocenters. The van der Waals surface area contributed by atoms with E-state index in [-0.39, 0.29) is 5.41 Å². The molecule has 3 fully saturated rings. The fraction of sp³-hybridized carbons (Fsp3) is 0.931. The Morgan fingerprint density at radius 1 is 1.16 bits per heavy atom. The minimum atomic E-state index is -0.549. The minimum Gasteiger partial charge on any atom is -0.390 e. The third-order valence-electron chi connectivity index (χ3n) is 11.2. The Kier molecular flexibility index (Phi) is 6.71. The van der Waals surface area contributed by atoms with Crippen LogP contribution in [0.1, 0.15) is 105 Å². The highest BCUT2D eigenvalue weighted by atomic mass is 16.5. The van der Waals surface area contributed by atoms with Crippen molar-refractivity contribution in [2.75, 3.05) is 13.7 Å². The molecule has 3 nitrogen and oxygen atoms in total. The third kappa shape index (κ3) is 4.13. The molecule has 0 spiro atoms. The first-order chi connectivity index (χ1) is 15.0. The molecule has 0 bridgehead atoms. The van der Waals surface area contributed by atoms with Crippen LogP contribution in [0.4, 0.5) is 0 Å². The monoisotopic (exact) mass is 446 g/mol. The maximum Gasteiger partial charge on any atom is 0.0657 e. The van der Waals surface area contributed by atoms with Crippen molar-refractivity contribution in [2.24, 2.45) is 40.4 Å². The number of rotatable bonds is 7. The molecule has 4 rings (SSSR count). The number of fused-ring (bicyclic) bond motifs is 5. The van der Waals surface area contributed by atoms with Gasteiger partial charge in [0.05, 0.1) is 17.8 Å². The molecule has 0 aliphatic heterocycles. The smallest absolute Gasteiger partial charge is 0.0657 e. The van der Waals surface area contributed by atoms with E-state index in [9.17, 15) is 10.2 Å². The van der Waals surface area contributed by atoms with Gasteiger partial charge < -0.3 is 14.9 Å². The first-order valence-electron chi connectivity index (χ1n) is 13.6. The van der Waals surface area contributed by atoms with Crippen LogP contribution in [-0.2, 0) is 4.74 Å². The van der Waals surface area contributed by atoms with E-state index in [1.54, 1.807) is 0 Å². The lowest BCUT2D eigenvalue weighted by molar-refractivity contribution is -0.0979. The Morgan fingerprint density at radius 3 is 2.59 bits per heavy atom. The summed E-state index contributed by atoms with van der Waals surface area (Å²) < 4.78 is 5.88. The van der Waals surface area contributed by atoms with Gasteiger partial charge in [0.2, 0.25) is 0 Å². The van der Waals surface area contributed by atoms with Gasteiger partial charge in [-0.15, -0.1) is 0 Å². The van der Waals surface area contributed by atoms with Gasteiger partial charge in [0.1, 0.15) is 0 Å². The predicted molar refractivity (Wildman–Crippen MR) is 131 cm³/mol. The molecule has 0 aromatic carbocycles. The summed E-state index contributed by atoms with van der Waals surface area (Å²) in [5, 5.41) is 21.4. The summed E-state index contributed by atoms with van der Waals surface area (Å²) in [5.41, 5.74) is 1.05. The first kappa shape index (κ1) is 24.7. The number of ether oxygens (including phenoxy) is 1. The van der Waals surface area contributed by atoms with E-state index in [2.05, 4.69) is 26.8 Å². The zero-order valence-electron chi connectivity index (χ0n) is 21.8. The molecule has 0 aromatic rings. The average Bonchev–Trinajstić information content (AvgIpc) is 3.09. The minimum absolute atomic E-state index is 0.158. The van der Waals surface area contributed by atoms with Crippen LogP contribution >= 0.6 is 0 Å². The van der Waals surface area contributed by atoms with Crippen LogP contribution in [0.25, 0.3) is 0 Å². The summed E-state index contributed by atoms with van der Waals surface area (Å²) in [6.07, 6.45) is 14.9.